The van der Waals surface area contributed by atoms with Gasteiger partial charge >= 0.3 is 0 Å². The molecule has 2 rings (SSSR count). The Bertz CT molecular complexity index is 675. The Morgan fingerprint density at radius 1 is 1.32 bits per heavy atom. The summed E-state index contributed by atoms with van der Waals surface area (Å²) < 4.78 is 5.56. The van der Waals surface area contributed by atoms with Crippen molar-refractivity contribution >= 4 is 11.3 Å². The second-order valence-corrected chi connectivity index (χ2v) is 4.36. The topological polar surface area (TPSA) is 75.8 Å². The fourth-order valence-corrected chi connectivity index (χ4v) is 2.10. The predicted molar refractivity (Wildman–Crippen MR) is 73.8 cm³/mol. The minimum atomic E-state index is 0.417. The Morgan fingerprint density at radius 3 is 2.53 bits per heavy atom. The molecule has 0 spiro atoms. The van der Waals surface area contributed by atoms with Crippen LogP contribution in [-0.4, -0.2) is 4.98 Å². The molecule has 0 aromatic carbocycles. The van der Waals surface area contributed by atoms with E-state index in [1.54, 1.807) is 18.5 Å². The van der Waals surface area contributed by atoms with Gasteiger partial charge in [-0.15, -0.1) is 0 Å². The molecule has 0 amide bonds. The van der Waals surface area contributed by atoms with Crippen LogP contribution in [0.1, 0.15) is 28.2 Å². The Labute approximate surface area is 112 Å². The number of aryl methyl sites for hydroxylation is 2. The highest BCUT2D eigenvalue weighted by Crippen LogP contribution is 2.29. The summed E-state index contributed by atoms with van der Waals surface area (Å²) in [5.74, 6) is 1.54. The number of pyridine rings is 1. The number of allylic oxidation sites excluding steroid dienone is 1. The number of rotatable bonds is 2. The van der Waals surface area contributed by atoms with Gasteiger partial charge in [0, 0.05) is 23.5 Å². The summed E-state index contributed by atoms with van der Waals surface area (Å²) >= 11 is 0. The highest BCUT2D eigenvalue weighted by Gasteiger charge is 2.17. The summed E-state index contributed by atoms with van der Waals surface area (Å²) in [5, 5.41) is 9.35. The highest BCUT2D eigenvalue weighted by molar-refractivity contribution is 5.96. The Kier molecular flexibility index (Phi) is 3.39. The molecule has 4 nitrogen and oxygen atoms in total. The maximum Gasteiger partial charge on any atom is 0.110 e. The molecule has 19 heavy (non-hydrogen) atoms. The molecule has 2 heterocycles. The SMILES string of the molecule is Cc1oc(C)c(/C(N)=C(/C#N)c2cccnc2)c1C. The molecule has 2 N–H and O–H groups in total. The van der Waals surface area contributed by atoms with Crippen molar-refractivity contribution < 1.29 is 4.42 Å². The van der Waals surface area contributed by atoms with Crippen LogP contribution in [0.4, 0.5) is 0 Å². The van der Waals surface area contributed by atoms with Crippen molar-refractivity contribution in [3.63, 3.8) is 0 Å². The van der Waals surface area contributed by atoms with Gasteiger partial charge in [0.2, 0.25) is 0 Å². The van der Waals surface area contributed by atoms with Crippen molar-refractivity contribution in [2.24, 2.45) is 5.73 Å². The number of furan rings is 1. The van der Waals surface area contributed by atoms with E-state index in [1.165, 1.54) is 0 Å². The van der Waals surface area contributed by atoms with E-state index in [1.807, 2.05) is 26.8 Å². The van der Waals surface area contributed by atoms with Crippen LogP contribution in [-0.2, 0) is 0 Å². The van der Waals surface area contributed by atoms with Gasteiger partial charge in [0.15, 0.2) is 0 Å². The molecule has 2 aromatic heterocycles. The van der Waals surface area contributed by atoms with Gasteiger partial charge < -0.3 is 10.2 Å². The largest absolute Gasteiger partial charge is 0.466 e. The van der Waals surface area contributed by atoms with Crippen molar-refractivity contribution in [1.82, 2.24) is 4.98 Å². The van der Waals surface area contributed by atoms with Crippen LogP contribution >= 0.6 is 0 Å². The second kappa shape index (κ2) is 4.99. The first kappa shape index (κ1) is 12.9. The normalized spacial score (nSPS) is 11.9. The second-order valence-electron chi connectivity index (χ2n) is 4.36. The number of hydrogen-bond acceptors (Lipinski definition) is 4. The van der Waals surface area contributed by atoms with Crippen molar-refractivity contribution in [3.8, 4) is 6.07 Å². The van der Waals surface area contributed by atoms with Crippen molar-refractivity contribution in [1.29, 1.82) is 5.26 Å². The number of hydrogen-bond donors (Lipinski definition) is 1. The first-order valence-corrected chi connectivity index (χ1v) is 5.93. The number of nitrogens with two attached hydrogens (primary N) is 1. The molecule has 0 aliphatic rings. The van der Waals surface area contributed by atoms with Crippen LogP contribution in [0.2, 0.25) is 0 Å². The van der Waals surface area contributed by atoms with Gasteiger partial charge in [0.25, 0.3) is 0 Å². The van der Waals surface area contributed by atoms with Gasteiger partial charge in [-0.25, -0.2) is 0 Å². The fourth-order valence-electron chi connectivity index (χ4n) is 2.10. The zero-order chi connectivity index (χ0) is 14.0. The molecule has 0 bridgehead atoms. The van der Waals surface area contributed by atoms with E-state index in [4.69, 9.17) is 10.2 Å². The third-order valence-electron chi connectivity index (χ3n) is 3.16. The average Bonchev–Trinajstić information content (AvgIpc) is 2.65. The summed E-state index contributed by atoms with van der Waals surface area (Å²) in [7, 11) is 0. The van der Waals surface area contributed by atoms with Crippen LogP contribution in [0, 0.1) is 32.1 Å². The van der Waals surface area contributed by atoms with Crippen LogP contribution in [0.3, 0.4) is 0 Å². The highest BCUT2D eigenvalue weighted by atomic mass is 16.3. The zero-order valence-corrected chi connectivity index (χ0v) is 11.2. The molecule has 0 unspecified atom stereocenters. The first-order chi connectivity index (χ1) is 9.06. The summed E-state index contributed by atoms with van der Waals surface area (Å²) in [4.78, 5) is 4.02. The minimum Gasteiger partial charge on any atom is -0.466 e. The molecule has 0 saturated heterocycles. The lowest BCUT2D eigenvalue weighted by Crippen LogP contribution is -2.03. The quantitative estimate of drug-likeness (QED) is 0.835. The Morgan fingerprint density at radius 2 is 2.05 bits per heavy atom. The standard InChI is InChI=1S/C15H15N3O/c1-9-10(2)19-11(3)14(9)15(17)13(7-16)12-5-4-6-18-8-12/h4-6,8H,17H2,1-3H3/b15-13+. The number of nitriles is 1. The lowest BCUT2D eigenvalue weighted by Gasteiger charge is -2.06. The van der Waals surface area contributed by atoms with Crippen molar-refractivity contribution in [2.45, 2.75) is 20.8 Å². The van der Waals surface area contributed by atoms with Crippen LogP contribution in [0.25, 0.3) is 11.3 Å². The predicted octanol–water partition coefficient (Wildman–Crippen LogP) is 2.95. The summed E-state index contributed by atoms with van der Waals surface area (Å²) in [6.45, 7) is 5.67. The van der Waals surface area contributed by atoms with Gasteiger partial charge in [-0.1, -0.05) is 6.07 Å². The van der Waals surface area contributed by atoms with E-state index in [2.05, 4.69) is 11.1 Å². The molecular weight excluding hydrogens is 238 g/mol. The van der Waals surface area contributed by atoms with E-state index in [-0.39, 0.29) is 0 Å². The summed E-state index contributed by atoms with van der Waals surface area (Å²) in [5.41, 5.74) is 9.49. The summed E-state index contributed by atoms with van der Waals surface area (Å²) in [6, 6.07) is 5.75. The molecule has 96 valence electrons. The smallest absolute Gasteiger partial charge is 0.110 e. The van der Waals surface area contributed by atoms with E-state index < -0.39 is 0 Å². The van der Waals surface area contributed by atoms with E-state index in [0.29, 0.717) is 16.8 Å². The van der Waals surface area contributed by atoms with Crippen LogP contribution in [0.15, 0.2) is 28.9 Å². The third-order valence-corrected chi connectivity index (χ3v) is 3.16. The van der Waals surface area contributed by atoms with Gasteiger partial charge in [-0.05, 0) is 32.4 Å². The average molecular weight is 253 g/mol. The lowest BCUT2D eigenvalue weighted by molar-refractivity contribution is 0.502. The maximum absolute atomic E-state index is 9.35. The molecule has 0 radical (unpaired) electrons. The number of aromatic nitrogens is 1. The van der Waals surface area contributed by atoms with E-state index >= 15 is 0 Å². The maximum atomic E-state index is 9.35. The number of nitrogens with zero attached hydrogens (tertiary/aromatic N) is 2. The van der Waals surface area contributed by atoms with Crippen molar-refractivity contribution in [2.75, 3.05) is 0 Å². The lowest BCUT2D eigenvalue weighted by atomic mass is 9.99. The molecule has 0 fully saturated rings. The monoisotopic (exact) mass is 253 g/mol. The molecule has 4 heteroatoms. The molecule has 0 saturated carbocycles. The minimum absolute atomic E-state index is 0.417. The van der Waals surface area contributed by atoms with Gasteiger partial charge in [-0.3, -0.25) is 4.98 Å². The van der Waals surface area contributed by atoms with Gasteiger partial charge in [0.1, 0.15) is 17.6 Å². The van der Waals surface area contributed by atoms with Gasteiger partial charge in [0.05, 0.1) is 11.3 Å². The molecular formula is C15H15N3O. The van der Waals surface area contributed by atoms with Gasteiger partial charge in [-0.2, -0.15) is 5.26 Å². The third kappa shape index (κ3) is 2.23. The molecule has 0 atom stereocenters. The Hall–Kier alpha value is -2.54. The van der Waals surface area contributed by atoms with Crippen LogP contribution < -0.4 is 5.73 Å². The van der Waals surface area contributed by atoms with E-state index in [9.17, 15) is 5.26 Å². The molecule has 0 aliphatic heterocycles. The first-order valence-electron chi connectivity index (χ1n) is 5.93. The Balaban J connectivity index is 2.66. The van der Waals surface area contributed by atoms with Crippen LogP contribution in [0.5, 0.6) is 0 Å². The summed E-state index contributed by atoms with van der Waals surface area (Å²) in [6.07, 6.45) is 3.29. The molecule has 0 aliphatic carbocycles. The zero-order valence-electron chi connectivity index (χ0n) is 11.2. The molecule has 2 aromatic rings. The van der Waals surface area contributed by atoms with Crippen molar-refractivity contribution in [3.05, 3.63) is 52.7 Å². The van der Waals surface area contributed by atoms with E-state index in [0.717, 1.165) is 22.6 Å². The fraction of sp³-hybridized carbons (Fsp3) is 0.200.